The van der Waals surface area contributed by atoms with Gasteiger partial charge in [0.25, 0.3) is 11.4 Å². The average molecular weight is 474 g/mol. The van der Waals surface area contributed by atoms with E-state index < -0.39 is 22.9 Å². The molecule has 6 rings (SSSR count). The van der Waals surface area contributed by atoms with Crippen molar-refractivity contribution in [2.45, 2.75) is 25.5 Å². The smallest absolute Gasteiger partial charge is 0.280 e. The quantitative estimate of drug-likeness (QED) is 0.389. The van der Waals surface area contributed by atoms with Gasteiger partial charge in [-0.1, -0.05) is 5.16 Å². The van der Waals surface area contributed by atoms with Crippen LogP contribution in [0, 0.1) is 23.0 Å². The molecule has 4 heterocycles. The molecule has 11 heteroatoms. The van der Waals surface area contributed by atoms with E-state index in [0.717, 1.165) is 0 Å². The fourth-order valence-electron chi connectivity index (χ4n) is 4.61. The van der Waals surface area contributed by atoms with Crippen LogP contribution in [0.2, 0.25) is 0 Å². The molecule has 5 aromatic rings. The standard InChI is InChI=1S/C24H16F2N6O3/c1-24(9-2-10-34-24)32-19-15(11-27)16(26)7-8-17(19)31-12-28-18(20(31)23(32)33)21-29-22(35-30-21)13-3-5-14(25)6-4-13/h3-8,12H,2,9-10H2,1H3. The Balaban J connectivity index is 1.65. The molecular weight excluding hydrogens is 458 g/mol. The second-order valence-corrected chi connectivity index (χ2v) is 8.41. The van der Waals surface area contributed by atoms with Crippen LogP contribution >= 0.6 is 0 Å². The van der Waals surface area contributed by atoms with Gasteiger partial charge in [0.05, 0.1) is 11.0 Å². The third-order valence-corrected chi connectivity index (χ3v) is 6.27. The van der Waals surface area contributed by atoms with E-state index in [1.807, 2.05) is 6.07 Å². The summed E-state index contributed by atoms with van der Waals surface area (Å²) in [6.07, 6.45) is 2.59. The van der Waals surface area contributed by atoms with Crippen molar-refractivity contribution < 1.29 is 18.0 Å². The summed E-state index contributed by atoms with van der Waals surface area (Å²) in [6.45, 7) is 2.16. The summed E-state index contributed by atoms with van der Waals surface area (Å²) in [5.74, 6) is -0.967. The highest BCUT2D eigenvalue weighted by Gasteiger charge is 2.37. The molecule has 35 heavy (non-hydrogen) atoms. The number of halogens is 2. The van der Waals surface area contributed by atoms with Crippen molar-refractivity contribution in [3.05, 3.63) is 70.3 Å². The Bertz CT molecular complexity index is 1720. The Morgan fingerprint density at radius 3 is 2.66 bits per heavy atom. The zero-order valence-electron chi connectivity index (χ0n) is 18.3. The maximum absolute atomic E-state index is 14.6. The molecule has 0 radical (unpaired) electrons. The molecule has 1 aliphatic rings. The summed E-state index contributed by atoms with van der Waals surface area (Å²) < 4.78 is 42.0. The number of aromatic nitrogens is 5. The maximum Gasteiger partial charge on any atom is 0.280 e. The number of nitriles is 1. The molecule has 174 valence electrons. The fraction of sp³-hybridized carbons (Fsp3) is 0.208. The van der Waals surface area contributed by atoms with Gasteiger partial charge in [-0.25, -0.2) is 13.8 Å². The summed E-state index contributed by atoms with van der Waals surface area (Å²) in [5, 5.41) is 13.7. The normalized spacial score (nSPS) is 17.9. The van der Waals surface area contributed by atoms with Crippen molar-refractivity contribution in [3.8, 4) is 29.0 Å². The molecule has 2 aromatic carbocycles. The highest BCUT2D eigenvalue weighted by molar-refractivity contribution is 5.87. The van der Waals surface area contributed by atoms with Gasteiger partial charge in [0.15, 0.2) is 0 Å². The maximum atomic E-state index is 14.6. The van der Waals surface area contributed by atoms with Gasteiger partial charge in [0.2, 0.25) is 5.82 Å². The van der Waals surface area contributed by atoms with E-state index >= 15 is 0 Å². The van der Waals surface area contributed by atoms with E-state index in [1.165, 1.54) is 51.7 Å². The number of hydrogen-bond donors (Lipinski definition) is 0. The number of ether oxygens (including phenoxy) is 1. The molecule has 0 saturated carbocycles. The third-order valence-electron chi connectivity index (χ3n) is 6.27. The lowest BCUT2D eigenvalue weighted by Gasteiger charge is -2.28. The summed E-state index contributed by atoms with van der Waals surface area (Å²) >= 11 is 0. The first-order valence-corrected chi connectivity index (χ1v) is 10.8. The van der Waals surface area contributed by atoms with Crippen molar-refractivity contribution >= 4 is 16.6 Å². The molecule has 1 saturated heterocycles. The predicted octanol–water partition coefficient (Wildman–Crippen LogP) is 4.00. The first kappa shape index (κ1) is 21.1. The number of rotatable bonds is 3. The lowest BCUT2D eigenvalue weighted by molar-refractivity contribution is -0.0448. The van der Waals surface area contributed by atoms with Crippen LogP contribution in [-0.4, -0.2) is 30.7 Å². The van der Waals surface area contributed by atoms with Crippen LogP contribution in [-0.2, 0) is 10.5 Å². The van der Waals surface area contributed by atoms with Crippen LogP contribution in [0.3, 0.4) is 0 Å². The SMILES string of the molecule is CC1(n2c(=O)c3c(-c4noc(-c5ccc(F)cc5)n4)ncn3c3ccc(F)c(C#N)c32)CCCO1. The molecule has 0 aliphatic carbocycles. The number of hydrogen-bond acceptors (Lipinski definition) is 7. The second-order valence-electron chi connectivity index (χ2n) is 8.41. The van der Waals surface area contributed by atoms with E-state index in [-0.39, 0.29) is 34.0 Å². The zero-order valence-corrected chi connectivity index (χ0v) is 18.3. The minimum absolute atomic E-state index is 0.0509. The van der Waals surface area contributed by atoms with Crippen LogP contribution in [0.4, 0.5) is 8.78 Å². The van der Waals surface area contributed by atoms with E-state index in [9.17, 15) is 18.8 Å². The number of benzene rings is 2. The second kappa shape index (κ2) is 7.54. The predicted molar refractivity (Wildman–Crippen MR) is 119 cm³/mol. The third kappa shape index (κ3) is 3.07. The van der Waals surface area contributed by atoms with E-state index in [2.05, 4.69) is 15.1 Å². The zero-order chi connectivity index (χ0) is 24.3. The van der Waals surface area contributed by atoms with Crippen LogP contribution in [0.15, 0.2) is 52.0 Å². The van der Waals surface area contributed by atoms with Gasteiger partial charge in [0.1, 0.15) is 46.5 Å². The molecule has 0 amide bonds. The molecule has 1 atom stereocenters. The Morgan fingerprint density at radius 2 is 1.94 bits per heavy atom. The summed E-state index contributed by atoms with van der Waals surface area (Å²) in [4.78, 5) is 22.6. The minimum atomic E-state index is -1.09. The molecule has 3 aromatic heterocycles. The minimum Gasteiger partial charge on any atom is -0.355 e. The van der Waals surface area contributed by atoms with E-state index in [4.69, 9.17) is 9.26 Å². The van der Waals surface area contributed by atoms with Crippen LogP contribution < -0.4 is 5.56 Å². The molecule has 0 spiro atoms. The first-order valence-electron chi connectivity index (χ1n) is 10.8. The van der Waals surface area contributed by atoms with Crippen molar-refractivity contribution in [1.82, 2.24) is 24.1 Å². The van der Waals surface area contributed by atoms with Gasteiger partial charge >= 0.3 is 0 Å². The number of fused-ring (bicyclic) bond motifs is 3. The lowest BCUT2D eigenvalue weighted by atomic mass is 10.1. The highest BCUT2D eigenvalue weighted by Crippen LogP contribution is 2.35. The van der Waals surface area contributed by atoms with Gasteiger partial charge in [-0.2, -0.15) is 10.2 Å². The Labute approximate surface area is 195 Å². The topological polar surface area (TPSA) is 111 Å². The molecule has 0 N–H and O–H groups in total. The fourth-order valence-corrected chi connectivity index (χ4v) is 4.61. The average Bonchev–Trinajstić information content (AvgIpc) is 3.59. The molecular formula is C24H16F2N6O3. The van der Waals surface area contributed by atoms with Gasteiger partial charge < -0.3 is 9.26 Å². The largest absolute Gasteiger partial charge is 0.355 e. The number of imidazole rings is 1. The monoisotopic (exact) mass is 474 g/mol. The molecule has 0 bridgehead atoms. The molecule has 1 aliphatic heterocycles. The summed E-state index contributed by atoms with van der Waals surface area (Å²) in [6, 6.07) is 10.1. The van der Waals surface area contributed by atoms with Crippen LogP contribution in [0.5, 0.6) is 0 Å². The Kier molecular flexibility index (Phi) is 4.55. The number of nitrogens with zero attached hydrogens (tertiary/aromatic N) is 6. The Morgan fingerprint density at radius 1 is 1.14 bits per heavy atom. The van der Waals surface area contributed by atoms with Gasteiger partial charge in [-0.3, -0.25) is 13.8 Å². The van der Waals surface area contributed by atoms with E-state index in [0.29, 0.717) is 30.5 Å². The van der Waals surface area contributed by atoms with E-state index in [1.54, 1.807) is 6.92 Å². The first-order chi connectivity index (χ1) is 16.9. The molecule has 1 unspecified atom stereocenters. The lowest BCUT2D eigenvalue weighted by Crippen LogP contribution is -2.39. The van der Waals surface area contributed by atoms with Crippen molar-refractivity contribution in [2.75, 3.05) is 6.61 Å². The van der Waals surface area contributed by atoms with Crippen molar-refractivity contribution in [1.29, 1.82) is 5.26 Å². The van der Waals surface area contributed by atoms with Gasteiger partial charge in [-0.15, -0.1) is 0 Å². The van der Waals surface area contributed by atoms with Crippen LogP contribution in [0.1, 0.15) is 25.3 Å². The molecule has 9 nitrogen and oxygen atoms in total. The van der Waals surface area contributed by atoms with Crippen LogP contribution in [0.25, 0.3) is 39.5 Å². The van der Waals surface area contributed by atoms with Crippen molar-refractivity contribution in [2.24, 2.45) is 0 Å². The highest BCUT2D eigenvalue weighted by atomic mass is 19.1. The van der Waals surface area contributed by atoms with Gasteiger partial charge in [0, 0.05) is 12.2 Å². The van der Waals surface area contributed by atoms with Gasteiger partial charge in [-0.05, 0) is 56.2 Å². The molecule has 1 fully saturated rings. The summed E-state index contributed by atoms with van der Waals surface area (Å²) in [7, 11) is 0. The van der Waals surface area contributed by atoms with Crippen molar-refractivity contribution in [3.63, 3.8) is 0 Å². The summed E-state index contributed by atoms with van der Waals surface area (Å²) in [5.41, 5.74) is -0.597. The Hall–Kier alpha value is -4.43.